The summed E-state index contributed by atoms with van der Waals surface area (Å²) in [6.07, 6.45) is 1.10. The number of carbonyl (C=O) groups is 1. The third-order valence-corrected chi connectivity index (χ3v) is 5.48. The lowest BCUT2D eigenvalue weighted by atomic mass is 10.2. The zero-order chi connectivity index (χ0) is 16.6. The average Bonchev–Trinajstić information content (AvgIpc) is 3.00. The first kappa shape index (κ1) is 15.9. The van der Waals surface area contributed by atoms with Crippen molar-refractivity contribution < 1.29 is 13.2 Å². The van der Waals surface area contributed by atoms with E-state index in [1.807, 2.05) is 0 Å². The lowest BCUT2D eigenvalue weighted by Gasteiger charge is -2.08. The number of nitrogens with zero attached hydrogens (tertiary/aromatic N) is 1. The summed E-state index contributed by atoms with van der Waals surface area (Å²) in [5.74, 6) is -0.396. The van der Waals surface area contributed by atoms with E-state index in [1.54, 1.807) is 23.7 Å². The van der Waals surface area contributed by atoms with Crippen molar-refractivity contribution in [3.8, 4) is 0 Å². The summed E-state index contributed by atoms with van der Waals surface area (Å²) in [5, 5.41) is 3.28. The van der Waals surface area contributed by atoms with E-state index in [0.29, 0.717) is 16.2 Å². The fourth-order valence-electron chi connectivity index (χ4n) is 2.08. The van der Waals surface area contributed by atoms with E-state index < -0.39 is 15.7 Å². The van der Waals surface area contributed by atoms with Gasteiger partial charge in [0.15, 0.2) is 9.84 Å². The average molecular weight is 367 g/mol. The van der Waals surface area contributed by atoms with Crippen LogP contribution < -0.4 is 5.32 Å². The molecule has 0 atom stereocenters. The summed E-state index contributed by atoms with van der Waals surface area (Å²) in [4.78, 5) is 16.7. The van der Waals surface area contributed by atoms with Gasteiger partial charge in [-0.25, -0.2) is 13.4 Å². The molecule has 3 aromatic rings. The topological polar surface area (TPSA) is 76.1 Å². The number of anilines is 1. The van der Waals surface area contributed by atoms with Gasteiger partial charge >= 0.3 is 0 Å². The Kier molecular flexibility index (Phi) is 4.09. The van der Waals surface area contributed by atoms with Crippen molar-refractivity contribution in [3.05, 3.63) is 52.5 Å². The van der Waals surface area contributed by atoms with Gasteiger partial charge in [-0.1, -0.05) is 17.7 Å². The van der Waals surface area contributed by atoms with Gasteiger partial charge in [-0.05, 0) is 30.3 Å². The Balaban J connectivity index is 1.95. The number of halogens is 1. The molecule has 1 aromatic heterocycles. The van der Waals surface area contributed by atoms with Crippen LogP contribution in [-0.4, -0.2) is 25.6 Å². The number of nitrogens with one attached hydrogen (secondary N) is 1. The van der Waals surface area contributed by atoms with Gasteiger partial charge in [-0.3, -0.25) is 4.79 Å². The van der Waals surface area contributed by atoms with Crippen LogP contribution in [0.5, 0.6) is 0 Å². The molecule has 0 bridgehead atoms. The monoisotopic (exact) mass is 366 g/mol. The number of thiazole rings is 1. The molecule has 23 heavy (non-hydrogen) atoms. The summed E-state index contributed by atoms with van der Waals surface area (Å²) in [6, 6.07) is 9.26. The molecule has 0 radical (unpaired) electrons. The van der Waals surface area contributed by atoms with E-state index in [1.165, 1.54) is 29.5 Å². The van der Waals surface area contributed by atoms with Gasteiger partial charge in [-0.2, -0.15) is 0 Å². The van der Waals surface area contributed by atoms with Gasteiger partial charge in [0.1, 0.15) is 5.52 Å². The number of rotatable bonds is 3. The SMILES string of the molecule is CS(=O)(=O)c1cccc(C(=O)Nc2ccc(Cl)c3ncsc23)c1. The molecule has 1 N–H and O–H groups in total. The van der Waals surface area contributed by atoms with Crippen molar-refractivity contribution in [1.29, 1.82) is 0 Å². The largest absolute Gasteiger partial charge is 0.321 e. The normalized spacial score (nSPS) is 11.6. The molecular formula is C15H11ClN2O3S2. The van der Waals surface area contributed by atoms with Gasteiger partial charge in [-0.15, -0.1) is 11.3 Å². The Morgan fingerprint density at radius 2 is 2.04 bits per heavy atom. The number of benzene rings is 2. The fourth-order valence-corrected chi connectivity index (χ4v) is 3.79. The third kappa shape index (κ3) is 3.21. The highest BCUT2D eigenvalue weighted by atomic mass is 35.5. The molecule has 0 unspecified atom stereocenters. The van der Waals surface area contributed by atoms with Crippen LogP contribution in [0.15, 0.2) is 46.8 Å². The highest BCUT2D eigenvalue weighted by molar-refractivity contribution is 7.90. The first-order valence-electron chi connectivity index (χ1n) is 6.49. The van der Waals surface area contributed by atoms with E-state index >= 15 is 0 Å². The van der Waals surface area contributed by atoms with Gasteiger partial charge < -0.3 is 5.32 Å². The standard InChI is InChI=1S/C15H11ClN2O3S2/c1-23(20,21)10-4-2-3-9(7-10)15(19)18-12-6-5-11(16)13-14(12)22-8-17-13/h2-8H,1H3,(H,18,19). The minimum absolute atomic E-state index is 0.101. The molecule has 3 rings (SSSR count). The summed E-state index contributed by atoms with van der Waals surface area (Å²) in [6.45, 7) is 0. The van der Waals surface area contributed by atoms with Crippen LogP contribution in [0.25, 0.3) is 10.2 Å². The lowest BCUT2D eigenvalue weighted by Crippen LogP contribution is -2.12. The summed E-state index contributed by atoms with van der Waals surface area (Å²) in [7, 11) is -3.37. The van der Waals surface area contributed by atoms with Gasteiger partial charge in [0, 0.05) is 11.8 Å². The predicted octanol–water partition coefficient (Wildman–Crippen LogP) is 3.61. The number of hydrogen-bond donors (Lipinski definition) is 1. The third-order valence-electron chi connectivity index (χ3n) is 3.21. The van der Waals surface area contributed by atoms with Crippen molar-refractivity contribution >= 4 is 54.6 Å². The molecule has 2 aromatic carbocycles. The number of sulfone groups is 1. The van der Waals surface area contributed by atoms with Crippen LogP contribution in [0.1, 0.15) is 10.4 Å². The molecule has 0 spiro atoms. The smallest absolute Gasteiger partial charge is 0.255 e. The van der Waals surface area contributed by atoms with Crippen molar-refractivity contribution in [1.82, 2.24) is 4.98 Å². The Bertz CT molecular complexity index is 1010. The van der Waals surface area contributed by atoms with E-state index in [-0.39, 0.29) is 10.5 Å². The quantitative estimate of drug-likeness (QED) is 0.768. The Hall–Kier alpha value is -1.96. The molecule has 1 amide bonds. The summed E-state index contributed by atoms with van der Waals surface area (Å²) >= 11 is 7.43. The highest BCUT2D eigenvalue weighted by Gasteiger charge is 2.14. The van der Waals surface area contributed by atoms with Crippen LogP contribution in [0.2, 0.25) is 5.02 Å². The minimum Gasteiger partial charge on any atom is -0.321 e. The van der Waals surface area contributed by atoms with Crippen molar-refractivity contribution in [2.45, 2.75) is 4.90 Å². The van der Waals surface area contributed by atoms with Crippen LogP contribution >= 0.6 is 22.9 Å². The zero-order valence-electron chi connectivity index (χ0n) is 11.9. The van der Waals surface area contributed by atoms with Crippen LogP contribution in [0, 0.1) is 0 Å². The molecule has 118 valence electrons. The fraction of sp³-hybridized carbons (Fsp3) is 0.0667. The Morgan fingerprint density at radius 3 is 2.78 bits per heavy atom. The Morgan fingerprint density at radius 1 is 1.26 bits per heavy atom. The van der Waals surface area contributed by atoms with Gasteiger partial charge in [0.2, 0.25) is 0 Å². The number of fused-ring (bicyclic) bond motifs is 1. The maximum absolute atomic E-state index is 12.4. The molecule has 0 aliphatic rings. The van der Waals surface area contributed by atoms with E-state index in [4.69, 9.17) is 11.6 Å². The van der Waals surface area contributed by atoms with Crippen molar-refractivity contribution in [3.63, 3.8) is 0 Å². The molecule has 5 nitrogen and oxygen atoms in total. The predicted molar refractivity (Wildman–Crippen MR) is 92.1 cm³/mol. The van der Waals surface area contributed by atoms with Crippen LogP contribution in [-0.2, 0) is 9.84 Å². The molecule has 8 heteroatoms. The molecule has 0 aliphatic heterocycles. The van der Waals surface area contributed by atoms with Crippen molar-refractivity contribution in [2.75, 3.05) is 11.6 Å². The van der Waals surface area contributed by atoms with Gasteiger partial charge in [0.05, 0.1) is 25.8 Å². The van der Waals surface area contributed by atoms with Gasteiger partial charge in [0.25, 0.3) is 5.91 Å². The maximum Gasteiger partial charge on any atom is 0.255 e. The highest BCUT2D eigenvalue weighted by Crippen LogP contribution is 2.32. The Labute approximate surface area is 141 Å². The molecular weight excluding hydrogens is 356 g/mol. The zero-order valence-corrected chi connectivity index (χ0v) is 14.3. The second-order valence-corrected chi connectivity index (χ2v) is 8.16. The molecule has 0 saturated heterocycles. The summed E-state index contributed by atoms with van der Waals surface area (Å²) < 4.78 is 23.9. The maximum atomic E-state index is 12.4. The van der Waals surface area contributed by atoms with E-state index in [9.17, 15) is 13.2 Å². The van der Waals surface area contributed by atoms with Crippen LogP contribution in [0.3, 0.4) is 0 Å². The number of amides is 1. The molecule has 0 fully saturated rings. The van der Waals surface area contributed by atoms with E-state index in [0.717, 1.165) is 11.0 Å². The van der Waals surface area contributed by atoms with Crippen LogP contribution in [0.4, 0.5) is 5.69 Å². The molecule has 0 saturated carbocycles. The summed E-state index contributed by atoms with van der Waals surface area (Å²) in [5.41, 5.74) is 3.12. The molecule has 0 aliphatic carbocycles. The number of carbonyl (C=O) groups excluding carboxylic acids is 1. The first-order chi connectivity index (χ1) is 10.9. The second-order valence-electron chi connectivity index (χ2n) is 4.88. The number of aromatic nitrogens is 1. The second kappa shape index (κ2) is 5.92. The lowest BCUT2D eigenvalue weighted by molar-refractivity contribution is 0.102. The number of hydrogen-bond acceptors (Lipinski definition) is 5. The first-order valence-corrected chi connectivity index (χ1v) is 9.64. The van der Waals surface area contributed by atoms with Crippen molar-refractivity contribution in [2.24, 2.45) is 0 Å². The molecule has 1 heterocycles. The minimum atomic E-state index is -3.37. The van der Waals surface area contributed by atoms with E-state index in [2.05, 4.69) is 10.3 Å².